The Balaban J connectivity index is 1.74. The number of carbonyl (C=O) groups is 1. The molecule has 4 rings (SSSR count). The van der Waals surface area contributed by atoms with Crippen molar-refractivity contribution in [2.75, 3.05) is 11.9 Å². The quantitative estimate of drug-likeness (QED) is 0.463. The molecule has 1 N–H and O–H groups in total. The molecule has 3 aromatic rings. The number of carbonyl (C=O) groups excluding carboxylic acids is 1. The molecule has 0 radical (unpaired) electrons. The van der Waals surface area contributed by atoms with Crippen LogP contribution in [0, 0.1) is 6.92 Å². The van der Waals surface area contributed by atoms with Gasteiger partial charge in [-0.05, 0) is 69.9 Å². The fourth-order valence-corrected chi connectivity index (χ4v) is 4.37. The van der Waals surface area contributed by atoms with Crippen molar-refractivity contribution in [3.05, 3.63) is 63.9 Å². The molecule has 0 saturated carbocycles. The summed E-state index contributed by atoms with van der Waals surface area (Å²) in [6, 6.07) is 9.24. The van der Waals surface area contributed by atoms with E-state index in [0.717, 1.165) is 52.0 Å². The monoisotopic (exact) mass is 423 g/mol. The van der Waals surface area contributed by atoms with Gasteiger partial charge in [-0.2, -0.15) is 0 Å². The number of amides is 1. The van der Waals surface area contributed by atoms with E-state index in [1.807, 2.05) is 26.8 Å². The number of aryl methyl sites for hydroxylation is 3. The number of fused-ring (bicyclic) bond motifs is 3. The number of furan rings is 1. The first-order valence-corrected chi connectivity index (χ1v) is 10.8. The number of rotatable bonds is 5. The Hall–Kier alpha value is -2.72. The largest absolute Gasteiger partial charge is 0.493 e. The maximum Gasteiger partial charge on any atom is 0.248 e. The molecule has 1 amide bonds. The smallest absolute Gasteiger partial charge is 0.248 e. The zero-order valence-electron chi connectivity index (χ0n) is 17.6. The topological polar surface area (TPSA) is 51.5 Å². The number of benzene rings is 2. The van der Waals surface area contributed by atoms with Crippen molar-refractivity contribution in [1.29, 1.82) is 0 Å². The highest BCUT2D eigenvalue weighted by Gasteiger charge is 2.23. The van der Waals surface area contributed by atoms with Gasteiger partial charge in [0.05, 0.1) is 6.61 Å². The summed E-state index contributed by atoms with van der Waals surface area (Å²) in [4.78, 5) is 12.6. The maximum atomic E-state index is 12.6. The van der Waals surface area contributed by atoms with Crippen LogP contribution in [0.4, 0.5) is 5.69 Å². The normalized spacial score (nSPS) is 13.9. The average Bonchev–Trinajstić information content (AvgIpc) is 3.09. The molecule has 0 unspecified atom stereocenters. The molecule has 1 aliphatic rings. The van der Waals surface area contributed by atoms with Crippen molar-refractivity contribution < 1.29 is 13.9 Å². The van der Waals surface area contributed by atoms with Gasteiger partial charge in [-0.25, -0.2) is 0 Å². The molecule has 1 aliphatic carbocycles. The average molecular weight is 424 g/mol. The molecule has 156 valence electrons. The minimum Gasteiger partial charge on any atom is -0.493 e. The number of hydrogen-bond donors (Lipinski definition) is 1. The van der Waals surface area contributed by atoms with Crippen molar-refractivity contribution in [2.45, 2.75) is 46.5 Å². The molecule has 30 heavy (non-hydrogen) atoms. The lowest BCUT2D eigenvalue weighted by Gasteiger charge is -2.15. The molecule has 0 fully saturated rings. The molecule has 5 heteroatoms. The van der Waals surface area contributed by atoms with Gasteiger partial charge in [-0.1, -0.05) is 17.7 Å². The van der Waals surface area contributed by atoms with Gasteiger partial charge in [0.25, 0.3) is 0 Å². The third-order valence-corrected chi connectivity index (χ3v) is 5.82. The van der Waals surface area contributed by atoms with Crippen LogP contribution in [-0.4, -0.2) is 12.5 Å². The van der Waals surface area contributed by atoms with Crippen LogP contribution in [-0.2, 0) is 17.6 Å². The molecular formula is C25H26ClNO3. The van der Waals surface area contributed by atoms with Crippen LogP contribution in [0.3, 0.4) is 0 Å². The lowest BCUT2D eigenvalue weighted by Crippen LogP contribution is -2.09. The highest BCUT2D eigenvalue weighted by Crippen LogP contribution is 2.41. The predicted octanol–water partition coefficient (Wildman–Crippen LogP) is 6.71. The van der Waals surface area contributed by atoms with E-state index in [2.05, 4.69) is 11.4 Å². The molecule has 4 nitrogen and oxygen atoms in total. The highest BCUT2D eigenvalue weighted by molar-refractivity contribution is 6.31. The van der Waals surface area contributed by atoms with Crippen LogP contribution in [0.1, 0.15) is 49.1 Å². The van der Waals surface area contributed by atoms with Crippen molar-refractivity contribution >= 4 is 39.7 Å². The summed E-state index contributed by atoms with van der Waals surface area (Å²) in [5.74, 6) is 1.67. The van der Waals surface area contributed by atoms with E-state index in [4.69, 9.17) is 20.8 Å². The predicted molar refractivity (Wildman–Crippen MR) is 122 cm³/mol. The second-order valence-corrected chi connectivity index (χ2v) is 8.16. The molecule has 0 bridgehead atoms. The summed E-state index contributed by atoms with van der Waals surface area (Å²) >= 11 is 6.01. The summed E-state index contributed by atoms with van der Waals surface area (Å²) < 4.78 is 12.2. The van der Waals surface area contributed by atoms with Crippen LogP contribution in [0.25, 0.3) is 16.5 Å². The molecule has 0 spiro atoms. The fourth-order valence-electron chi connectivity index (χ4n) is 4.18. The Kier molecular flexibility index (Phi) is 5.87. The van der Waals surface area contributed by atoms with Crippen LogP contribution < -0.4 is 10.1 Å². The highest BCUT2D eigenvalue weighted by atomic mass is 35.5. The van der Waals surface area contributed by atoms with Crippen molar-refractivity contribution in [3.8, 4) is 5.75 Å². The molecule has 1 heterocycles. The maximum absolute atomic E-state index is 12.6. The van der Waals surface area contributed by atoms with Crippen LogP contribution in [0.15, 0.2) is 40.8 Å². The van der Waals surface area contributed by atoms with Crippen LogP contribution in [0.2, 0.25) is 5.02 Å². The molecule has 2 aromatic carbocycles. The third-order valence-electron chi connectivity index (χ3n) is 5.58. The molecule has 0 saturated heterocycles. The Morgan fingerprint density at radius 3 is 2.83 bits per heavy atom. The second kappa shape index (κ2) is 8.57. The lowest BCUT2D eigenvalue weighted by molar-refractivity contribution is -0.111. The van der Waals surface area contributed by atoms with E-state index in [9.17, 15) is 4.79 Å². The first-order valence-electron chi connectivity index (χ1n) is 10.4. The number of ether oxygens (including phenoxy) is 1. The minimum atomic E-state index is -0.204. The van der Waals surface area contributed by atoms with Crippen LogP contribution >= 0.6 is 11.6 Å². The van der Waals surface area contributed by atoms with Crippen molar-refractivity contribution in [2.24, 2.45) is 0 Å². The third kappa shape index (κ3) is 3.97. The molecule has 0 aliphatic heterocycles. The zero-order chi connectivity index (χ0) is 21.3. The summed E-state index contributed by atoms with van der Waals surface area (Å²) in [6.07, 6.45) is 5.98. The SMILES string of the molecule is CCOc1c(/C(C)=C/C(=O)Nc2cccc(Cl)c2)cc2c3c(oc2c1C)CCCC3. The summed E-state index contributed by atoms with van der Waals surface area (Å²) in [5.41, 5.74) is 5.63. The van der Waals surface area contributed by atoms with Crippen molar-refractivity contribution in [3.63, 3.8) is 0 Å². The molecular weight excluding hydrogens is 398 g/mol. The summed E-state index contributed by atoms with van der Waals surface area (Å²) in [6.45, 7) is 6.48. The number of nitrogens with one attached hydrogen (secondary N) is 1. The van der Waals surface area contributed by atoms with Gasteiger partial charge in [-0.3, -0.25) is 4.79 Å². The first kappa shape index (κ1) is 20.5. The first-order chi connectivity index (χ1) is 14.5. The van der Waals surface area contributed by atoms with Gasteiger partial charge in [0.2, 0.25) is 5.91 Å². The molecule has 1 aromatic heterocycles. The van der Waals surface area contributed by atoms with Gasteiger partial charge in [0.15, 0.2) is 0 Å². The van der Waals surface area contributed by atoms with Crippen LogP contribution in [0.5, 0.6) is 5.75 Å². The van der Waals surface area contributed by atoms with Gasteiger partial charge >= 0.3 is 0 Å². The fraction of sp³-hybridized carbons (Fsp3) is 0.320. The second-order valence-electron chi connectivity index (χ2n) is 7.73. The number of hydrogen-bond acceptors (Lipinski definition) is 3. The van der Waals surface area contributed by atoms with Gasteiger partial charge in [0.1, 0.15) is 17.1 Å². The van der Waals surface area contributed by atoms with E-state index < -0.39 is 0 Å². The summed E-state index contributed by atoms with van der Waals surface area (Å²) in [7, 11) is 0. The van der Waals surface area contributed by atoms with Gasteiger partial charge in [0, 0.05) is 45.3 Å². The minimum absolute atomic E-state index is 0.204. The number of allylic oxidation sites excluding steroid dienone is 1. The molecule has 0 atom stereocenters. The van der Waals surface area contributed by atoms with E-state index in [-0.39, 0.29) is 5.91 Å². The van der Waals surface area contributed by atoms with E-state index in [0.29, 0.717) is 17.3 Å². The zero-order valence-corrected chi connectivity index (χ0v) is 18.4. The lowest BCUT2D eigenvalue weighted by atomic mass is 9.93. The number of anilines is 1. The van der Waals surface area contributed by atoms with Gasteiger partial charge in [-0.15, -0.1) is 0 Å². The number of halogens is 1. The standard InChI is InChI=1S/C25H26ClNO3/c1-4-29-24-16(3)25-21(19-10-5-6-11-22(19)30-25)14-20(24)15(2)12-23(28)27-18-9-7-8-17(26)13-18/h7-9,12-14H,4-6,10-11H2,1-3H3,(H,27,28)/b15-12+. The Bertz CT molecular complexity index is 1140. The Morgan fingerprint density at radius 2 is 2.07 bits per heavy atom. The Labute approximate surface area is 181 Å². The summed E-state index contributed by atoms with van der Waals surface area (Å²) in [5, 5.41) is 4.60. The van der Waals surface area contributed by atoms with E-state index in [1.165, 1.54) is 18.4 Å². The van der Waals surface area contributed by atoms with Crippen molar-refractivity contribution in [1.82, 2.24) is 0 Å². The van der Waals surface area contributed by atoms with E-state index >= 15 is 0 Å². The van der Waals surface area contributed by atoms with Gasteiger partial charge < -0.3 is 14.5 Å². The van der Waals surface area contributed by atoms with E-state index in [1.54, 1.807) is 24.3 Å². The Morgan fingerprint density at radius 1 is 1.27 bits per heavy atom.